The Balaban J connectivity index is 2.58. The van der Waals surface area contributed by atoms with Crippen molar-refractivity contribution >= 4 is 5.91 Å². The highest BCUT2D eigenvalue weighted by Crippen LogP contribution is 2.14. The van der Waals surface area contributed by atoms with Gasteiger partial charge in [0, 0.05) is 12.6 Å². The van der Waals surface area contributed by atoms with Crippen molar-refractivity contribution in [3.63, 3.8) is 0 Å². The molecule has 0 aliphatic rings. The molecule has 82 valence electrons. The summed E-state index contributed by atoms with van der Waals surface area (Å²) in [5, 5.41) is 15.2. The van der Waals surface area contributed by atoms with Crippen molar-refractivity contribution in [3.05, 3.63) is 29.8 Å². The van der Waals surface area contributed by atoms with Gasteiger partial charge in [-0.05, 0) is 26.1 Å². The number of hydrogen-bond donors (Lipinski definition) is 3. The summed E-state index contributed by atoms with van der Waals surface area (Å²) < 4.78 is 0. The molecule has 0 saturated heterocycles. The van der Waals surface area contributed by atoms with Gasteiger partial charge in [-0.3, -0.25) is 4.79 Å². The smallest absolute Gasteiger partial charge is 0.255 e. The van der Waals surface area contributed by atoms with Crippen LogP contribution in [-0.2, 0) is 0 Å². The summed E-state index contributed by atoms with van der Waals surface area (Å²) in [5.74, 6) is -0.248. The third-order valence-electron chi connectivity index (χ3n) is 2.21. The molecular formula is C11H16N2O2. The maximum atomic E-state index is 11.6. The van der Waals surface area contributed by atoms with Gasteiger partial charge in [-0.15, -0.1) is 0 Å². The molecule has 15 heavy (non-hydrogen) atoms. The fourth-order valence-corrected chi connectivity index (χ4v) is 1.11. The van der Waals surface area contributed by atoms with Crippen LogP contribution in [0, 0.1) is 0 Å². The molecule has 0 spiro atoms. The summed E-state index contributed by atoms with van der Waals surface area (Å²) >= 11 is 0. The molecule has 3 N–H and O–H groups in total. The molecule has 0 radical (unpaired) electrons. The van der Waals surface area contributed by atoms with Gasteiger partial charge in [0.25, 0.3) is 5.91 Å². The Morgan fingerprint density at radius 2 is 2.13 bits per heavy atom. The summed E-state index contributed by atoms with van der Waals surface area (Å²) in [6.07, 6.45) is 0. The SMILES string of the molecule is CNC(C)CNC(=O)c1ccccc1O. The van der Waals surface area contributed by atoms with E-state index in [-0.39, 0.29) is 17.7 Å². The van der Waals surface area contributed by atoms with Crippen LogP contribution < -0.4 is 10.6 Å². The lowest BCUT2D eigenvalue weighted by atomic mass is 10.2. The van der Waals surface area contributed by atoms with Gasteiger partial charge >= 0.3 is 0 Å². The molecule has 1 rings (SSSR count). The minimum Gasteiger partial charge on any atom is -0.507 e. The Morgan fingerprint density at radius 3 is 2.73 bits per heavy atom. The summed E-state index contributed by atoms with van der Waals surface area (Å²) in [7, 11) is 1.83. The fourth-order valence-electron chi connectivity index (χ4n) is 1.11. The van der Waals surface area contributed by atoms with E-state index in [1.165, 1.54) is 6.07 Å². The van der Waals surface area contributed by atoms with Gasteiger partial charge in [-0.2, -0.15) is 0 Å². The maximum Gasteiger partial charge on any atom is 0.255 e. The Morgan fingerprint density at radius 1 is 1.47 bits per heavy atom. The number of phenols is 1. The van der Waals surface area contributed by atoms with Gasteiger partial charge in [0.2, 0.25) is 0 Å². The van der Waals surface area contributed by atoms with E-state index < -0.39 is 0 Å². The van der Waals surface area contributed by atoms with E-state index in [4.69, 9.17) is 0 Å². The van der Waals surface area contributed by atoms with Gasteiger partial charge in [0.1, 0.15) is 5.75 Å². The number of carbonyl (C=O) groups excluding carboxylic acids is 1. The number of hydrogen-bond acceptors (Lipinski definition) is 3. The van der Waals surface area contributed by atoms with Crippen molar-refractivity contribution in [1.82, 2.24) is 10.6 Å². The van der Waals surface area contributed by atoms with Crippen LogP contribution in [0.15, 0.2) is 24.3 Å². The van der Waals surface area contributed by atoms with Gasteiger partial charge in [-0.1, -0.05) is 12.1 Å². The molecule has 1 amide bonds. The molecular weight excluding hydrogens is 192 g/mol. The highest BCUT2D eigenvalue weighted by molar-refractivity contribution is 5.96. The van der Waals surface area contributed by atoms with Crippen molar-refractivity contribution in [1.29, 1.82) is 0 Å². The van der Waals surface area contributed by atoms with Gasteiger partial charge in [0.15, 0.2) is 0 Å². The van der Waals surface area contributed by atoms with Gasteiger partial charge < -0.3 is 15.7 Å². The number of rotatable bonds is 4. The van der Waals surface area contributed by atoms with Crippen LogP contribution in [0.3, 0.4) is 0 Å². The molecule has 0 aliphatic carbocycles. The van der Waals surface area contributed by atoms with Crippen molar-refractivity contribution in [2.75, 3.05) is 13.6 Å². The lowest BCUT2D eigenvalue weighted by molar-refractivity contribution is 0.0948. The molecule has 0 heterocycles. The van der Waals surface area contributed by atoms with Crippen LogP contribution in [0.5, 0.6) is 5.75 Å². The molecule has 4 nitrogen and oxygen atoms in total. The summed E-state index contributed by atoms with van der Waals surface area (Å²) in [5.41, 5.74) is 0.306. The number of benzene rings is 1. The van der Waals surface area contributed by atoms with Crippen LogP contribution in [0.25, 0.3) is 0 Å². The van der Waals surface area contributed by atoms with E-state index in [1.54, 1.807) is 18.2 Å². The second kappa shape index (κ2) is 5.36. The Kier molecular flexibility index (Phi) is 4.12. The predicted octanol–water partition coefficient (Wildman–Crippen LogP) is 0.730. The second-order valence-electron chi connectivity index (χ2n) is 3.42. The number of para-hydroxylation sites is 1. The zero-order valence-corrected chi connectivity index (χ0v) is 8.95. The molecule has 1 unspecified atom stereocenters. The molecule has 0 fully saturated rings. The fraction of sp³-hybridized carbons (Fsp3) is 0.364. The molecule has 1 atom stereocenters. The monoisotopic (exact) mass is 208 g/mol. The molecule has 1 aromatic rings. The van der Waals surface area contributed by atoms with E-state index in [1.807, 2.05) is 14.0 Å². The highest BCUT2D eigenvalue weighted by atomic mass is 16.3. The lowest BCUT2D eigenvalue weighted by Gasteiger charge is -2.11. The molecule has 0 saturated carbocycles. The zero-order chi connectivity index (χ0) is 11.3. The average Bonchev–Trinajstić information content (AvgIpc) is 2.26. The van der Waals surface area contributed by atoms with Crippen LogP contribution in [0.1, 0.15) is 17.3 Å². The molecule has 1 aromatic carbocycles. The number of likely N-dealkylation sites (N-methyl/N-ethyl adjacent to an activating group) is 1. The van der Waals surface area contributed by atoms with Crippen molar-refractivity contribution < 1.29 is 9.90 Å². The third kappa shape index (κ3) is 3.25. The Bertz CT molecular complexity index is 339. The molecule has 0 bridgehead atoms. The van der Waals surface area contributed by atoms with Crippen LogP contribution >= 0.6 is 0 Å². The van der Waals surface area contributed by atoms with E-state index in [0.717, 1.165) is 0 Å². The second-order valence-corrected chi connectivity index (χ2v) is 3.42. The van der Waals surface area contributed by atoms with E-state index in [2.05, 4.69) is 10.6 Å². The first kappa shape index (κ1) is 11.5. The molecule has 0 aromatic heterocycles. The Labute approximate surface area is 89.3 Å². The standard InChI is InChI=1S/C11H16N2O2/c1-8(12-2)7-13-11(15)9-5-3-4-6-10(9)14/h3-6,8,12,14H,7H2,1-2H3,(H,13,15). The van der Waals surface area contributed by atoms with Crippen LogP contribution in [-0.4, -0.2) is 30.6 Å². The van der Waals surface area contributed by atoms with Crippen molar-refractivity contribution in [3.8, 4) is 5.75 Å². The number of carbonyl (C=O) groups is 1. The van der Waals surface area contributed by atoms with E-state index in [9.17, 15) is 9.90 Å². The normalized spacial score (nSPS) is 12.1. The summed E-state index contributed by atoms with van der Waals surface area (Å²) in [4.78, 5) is 11.6. The van der Waals surface area contributed by atoms with Crippen LogP contribution in [0.4, 0.5) is 0 Å². The van der Waals surface area contributed by atoms with Gasteiger partial charge in [0.05, 0.1) is 5.56 Å². The minimum atomic E-state index is -0.254. The molecule has 0 aliphatic heterocycles. The van der Waals surface area contributed by atoms with Crippen molar-refractivity contribution in [2.24, 2.45) is 0 Å². The minimum absolute atomic E-state index is 0.00658. The number of amides is 1. The van der Waals surface area contributed by atoms with Crippen molar-refractivity contribution in [2.45, 2.75) is 13.0 Å². The number of nitrogens with one attached hydrogen (secondary N) is 2. The van der Waals surface area contributed by atoms with Crippen LogP contribution in [0.2, 0.25) is 0 Å². The quantitative estimate of drug-likeness (QED) is 0.683. The van der Waals surface area contributed by atoms with E-state index >= 15 is 0 Å². The average molecular weight is 208 g/mol. The summed E-state index contributed by atoms with van der Waals surface area (Å²) in [6.45, 7) is 2.49. The number of phenolic OH excluding ortho intramolecular Hbond substituents is 1. The topological polar surface area (TPSA) is 61.4 Å². The largest absolute Gasteiger partial charge is 0.507 e. The first-order valence-corrected chi connectivity index (χ1v) is 4.88. The predicted molar refractivity (Wildman–Crippen MR) is 59.0 cm³/mol. The number of aromatic hydroxyl groups is 1. The first-order valence-electron chi connectivity index (χ1n) is 4.88. The van der Waals surface area contributed by atoms with Gasteiger partial charge in [-0.25, -0.2) is 0 Å². The first-order chi connectivity index (χ1) is 7.15. The maximum absolute atomic E-state index is 11.6. The molecule has 4 heteroatoms. The lowest BCUT2D eigenvalue weighted by Crippen LogP contribution is -2.37. The zero-order valence-electron chi connectivity index (χ0n) is 8.95. The third-order valence-corrected chi connectivity index (χ3v) is 2.21. The summed E-state index contributed by atoms with van der Waals surface area (Å²) in [6, 6.07) is 6.70. The van der Waals surface area contributed by atoms with E-state index in [0.29, 0.717) is 12.1 Å². The highest BCUT2D eigenvalue weighted by Gasteiger charge is 2.10. The Hall–Kier alpha value is -1.55.